The Hall–Kier alpha value is -3.56. The number of hydrogen-bond donors (Lipinski definition) is 2. The molecule has 10 heteroatoms. The van der Waals surface area contributed by atoms with E-state index in [9.17, 15) is 9.90 Å². The third-order valence-electron chi connectivity index (χ3n) is 6.49. The van der Waals surface area contributed by atoms with E-state index in [2.05, 4.69) is 4.98 Å². The van der Waals surface area contributed by atoms with Crippen LogP contribution in [-0.4, -0.2) is 63.2 Å². The number of likely N-dealkylation sites (tertiary alicyclic amines) is 1. The van der Waals surface area contributed by atoms with Gasteiger partial charge in [-0.3, -0.25) is 0 Å². The van der Waals surface area contributed by atoms with E-state index in [4.69, 9.17) is 25.3 Å². The number of carbonyl (C=O) groups is 1. The summed E-state index contributed by atoms with van der Waals surface area (Å²) < 4.78 is 12.6. The molecular weight excluding hydrogens is 412 g/mol. The summed E-state index contributed by atoms with van der Waals surface area (Å²) in [6, 6.07) is 5.47. The van der Waals surface area contributed by atoms with Gasteiger partial charge in [-0.1, -0.05) is 6.42 Å². The zero-order chi connectivity index (χ0) is 22.4. The van der Waals surface area contributed by atoms with E-state index in [1.54, 1.807) is 25.0 Å². The molecule has 5 rings (SSSR count). The van der Waals surface area contributed by atoms with E-state index < -0.39 is 6.09 Å². The van der Waals surface area contributed by atoms with Crippen LogP contribution in [0, 0.1) is 0 Å². The van der Waals surface area contributed by atoms with Crippen LogP contribution < -0.4 is 15.2 Å². The molecule has 1 amide bonds. The number of anilines is 1. The number of amides is 1. The van der Waals surface area contributed by atoms with Crippen molar-refractivity contribution in [2.75, 3.05) is 33.0 Å². The number of nitrogens with zero attached hydrogens (tertiary/aromatic N) is 5. The lowest BCUT2D eigenvalue weighted by Crippen LogP contribution is -2.26. The molecule has 2 aromatic heterocycles. The summed E-state index contributed by atoms with van der Waals surface area (Å²) >= 11 is 0. The summed E-state index contributed by atoms with van der Waals surface area (Å²) in [4.78, 5) is 22.4. The molecule has 10 nitrogen and oxygen atoms in total. The molecule has 1 saturated carbocycles. The second kappa shape index (κ2) is 7.85. The predicted octanol–water partition coefficient (Wildman–Crippen LogP) is 3.15. The molecule has 0 radical (unpaired) electrons. The average Bonchev–Trinajstić information content (AvgIpc) is 3.37. The molecule has 1 unspecified atom stereocenters. The van der Waals surface area contributed by atoms with Gasteiger partial charge in [0.1, 0.15) is 28.4 Å². The minimum Gasteiger partial charge on any atom is -0.497 e. The second-order valence-corrected chi connectivity index (χ2v) is 8.37. The molecule has 2 aliphatic rings. The molecule has 32 heavy (non-hydrogen) atoms. The van der Waals surface area contributed by atoms with Crippen molar-refractivity contribution in [3.63, 3.8) is 0 Å². The quantitative estimate of drug-likeness (QED) is 0.622. The average molecular weight is 438 g/mol. The van der Waals surface area contributed by atoms with Crippen LogP contribution in [0.25, 0.3) is 16.7 Å². The number of ether oxygens (including phenoxy) is 2. The van der Waals surface area contributed by atoms with Crippen LogP contribution >= 0.6 is 0 Å². The zero-order valence-electron chi connectivity index (χ0n) is 18.1. The topological polar surface area (TPSA) is 129 Å². The van der Waals surface area contributed by atoms with Crippen molar-refractivity contribution >= 4 is 22.9 Å². The Kier molecular flexibility index (Phi) is 4.99. The molecule has 1 atom stereocenters. The third-order valence-corrected chi connectivity index (χ3v) is 6.49. The van der Waals surface area contributed by atoms with Gasteiger partial charge in [0.25, 0.3) is 0 Å². The molecule has 3 aromatic rings. The summed E-state index contributed by atoms with van der Waals surface area (Å²) in [5.41, 5.74) is 9.23. The van der Waals surface area contributed by atoms with Gasteiger partial charge < -0.3 is 25.2 Å². The lowest BCUT2D eigenvalue weighted by atomic mass is 9.85. The monoisotopic (exact) mass is 438 g/mol. The van der Waals surface area contributed by atoms with Crippen LogP contribution in [0.3, 0.4) is 0 Å². The maximum absolute atomic E-state index is 11.5. The Labute approximate surface area is 185 Å². The van der Waals surface area contributed by atoms with Crippen LogP contribution in [0.2, 0.25) is 0 Å². The Balaban J connectivity index is 1.69. The highest BCUT2D eigenvalue weighted by Crippen LogP contribution is 2.39. The molecule has 3 heterocycles. The van der Waals surface area contributed by atoms with E-state index in [1.165, 1.54) is 4.90 Å². The van der Waals surface area contributed by atoms with E-state index in [1.807, 2.05) is 12.1 Å². The van der Waals surface area contributed by atoms with Gasteiger partial charge in [0.05, 0.1) is 25.6 Å². The van der Waals surface area contributed by atoms with Crippen LogP contribution in [-0.2, 0) is 0 Å². The van der Waals surface area contributed by atoms with E-state index in [-0.39, 0.29) is 5.92 Å². The standard InChI is InChI=1S/C22H26N6O4/c1-31-15-8-14(9-16(10-15)32-2)28-19-18(24-21(25-20(19)23)12-4-3-5-12)17(26-28)13-6-7-27(11-13)22(29)30/h8-10,12-13H,3-7,11H2,1-2H3,(H,29,30)(H2,23,24,25). The van der Waals surface area contributed by atoms with Gasteiger partial charge in [0.15, 0.2) is 5.82 Å². The highest BCUT2D eigenvalue weighted by Gasteiger charge is 2.33. The Morgan fingerprint density at radius 2 is 1.81 bits per heavy atom. The van der Waals surface area contributed by atoms with Crippen molar-refractivity contribution in [2.45, 2.75) is 37.5 Å². The third kappa shape index (κ3) is 3.35. The highest BCUT2D eigenvalue weighted by atomic mass is 16.5. The van der Waals surface area contributed by atoms with Crippen molar-refractivity contribution in [1.82, 2.24) is 24.6 Å². The SMILES string of the molecule is COc1cc(OC)cc(-n2nc(C3CCN(C(=O)O)C3)c3nc(C4CCC4)nc(N)c32)c1. The summed E-state index contributed by atoms with van der Waals surface area (Å²) in [6.07, 6.45) is 3.04. The van der Waals surface area contributed by atoms with Crippen molar-refractivity contribution in [2.24, 2.45) is 0 Å². The van der Waals surface area contributed by atoms with Gasteiger partial charge in [0.2, 0.25) is 0 Å². The van der Waals surface area contributed by atoms with Crippen LogP contribution in [0.4, 0.5) is 10.6 Å². The van der Waals surface area contributed by atoms with Crippen molar-refractivity contribution in [1.29, 1.82) is 0 Å². The normalized spacial score (nSPS) is 18.7. The first-order chi connectivity index (χ1) is 15.5. The van der Waals surface area contributed by atoms with Crippen molar-refractivity contribution < 1.29 is 19.4 Å². The lowest BCUT2D eigenvalue weighted by Gasteiger charge is -2.24. The van der Waals surface area contributed by atoms with Gasteiger partial charge in [0, 0.05) is 43.1 Å². The maximum atomic E-state index is 11.5. The number of aromatic nitrogens is 4. The fraction of sp³-hybridized carbons (Fsp3) is 0.455. The van der Waals surface area contributed by atoms with Gasteiger partial charge in [-0.05, 0) is 19.3 Å². The molecule has 0 bridgehead atoms. The van der Waals surface area contributed by atoms with E-state index in [0.717, 1.165) is 30.8 Å². The van der Waals surface area contributed by atoms with Gasteiger partial charge in [-0.25, -0.2) is 19.4 Å². The van der Waals surface area contributed by atoms with Crippen LogP contribution in [0.15, 0.2) is 18.2 Å². The first kappa shape index (κ1) is 20.3. The van der Waals surface area contributed by atoms with Gasteiger partial charge in [-0.2, -0.15) is 5.10 Å². The summed E-state index contributed by atoms with van der Waals surface area (Å²) in [6.45, 7) is 0.850. The second-order valence-electron chi connectivity index (χ2n) is 8.37. The number of rotatable bonds is 5. The maximum Gasteiger partial charge on any atom is 0.407 e. The van der Waals surface area contributed by atoms with Gasteiger partial charge >= 0.3 is 6.09 Å². The number of hydrogen-bond acceptors (Lipinski definition) is 7. The molecule has 168 valence electrons. The molecule has 1 aliphatic carbocycles. The number of nitrogens with two attached hydrogens (primary N) is 1. The van der Waals surface area contributed by atoms with E-state index >= 15 is 0 Å². The van der Waals surface area contributed by atoms with Crippen LogP contribution in [0.5, 0.6) is 11.5 Å². The largest absolute Gasteiger partial charge is 0.497 e. The molecular formula is C22H26N6O4. The Bertz CT molecular complexity index is 1170. The van der Waals surface area contributed by atoms with Crippen LogP contribution in [0.1, 0.15) is 49.0 Å². The molecule has 0 spiro atoms. The number of nitrogen functional groups attached to an aromatic ring is 1. The first-order valence-electron chi connectivity index (χ1n) is 10.8. The fourth-order valence-electron chi connectivity index (χ4n) is 4.47. The smallest absolute Gasteiger partial charge is 0.407 e. The molecule has 2 fully saturated rings. The summed E-state index contributed by atoms with van der Waals surface area (Å²) in [5.74, 6) is 2.60. The minimum atomic E-state index is -0.918. The number of benzene rings is 1. The number of methoxy groups -OCH3 is 2. The Morgan fingerprint density at radius 3 is 2.38 bits per heavy atom. The molecule has 1 aromatic carbocycles. The number of carboxylic acid groups (broad SMARTS) is 1. The van der Waals surface area contributed by atoms with Gasteiger partial charge in [-0.15, -0.1) is 0 Å². The Morgan fingerprint density at radius 1 is 1.09 bits per heavy atom. The molecule has 1 aliphatic heterocycles. The predicted molar refractivity (Wildman–Crippen MR) is 118 cm³/mol. The highest BCUT2D eigenvalue weighted by molar-refractivity contribution is 5.89. The molecule has 3 N–H and O–H groups in total. The number of fused-ring (bicyclic) bond motifs is 1. The zero-order valence-corrected chi connectivity index (χ0v) is 18.1. The van der Waals surface area contributed by atoms with Crippen molar-refractivity contribution in [3.05, 3.63) is 29.7 Å². The fourth-order valence-corrected chi connectivity index (χ4v) is 4.47. The lowest BCUT2D eigenvalue weighted by molar-refractivity contribution is 0.155. The minimum absolute atomic E-state index is 0.0640. The van der Waals surface area contributed by atoms with E-state index in [0.29, 0.717) is 59.5 Å². The van der Waals surface area contributed by atoms with Crippen molar-refractivity contribution in [3.8, 4) is 17.2 Å². The molecule has 1 saturated heterocycles. The summed E-state index contributed by atoms with van der Waals surface area (Å²) in [5, 5.41) is 14.3. The first-order valence-corrected chi connectivity index (χ1v) is 10.8. The summed E-state index contributed by atoms with van der Waals surface area (Å²) in [7, 11) is 3.18.